The molecule has 94 valence electrons. The van der Waals surface area contributed by atoms with Crippen LogP contribution in [0.15, 0.2) is 42.5 Å². The summed E-state index contributed by atoms with van der Waals surface area (Å²) in [7, 11) is 0. The van der Waals surface area contributed by atoms with E-state index in [1.807, 2.05) is 42.5 Å². The minimum atomic E-state index is 0.434. The Bertz CT molecular complexity index is 529. The average Bonchev–Trinajstić information content (AvgIpc) is 2.31. The quantitative estimate of drug-likeness (QED) is 0.702. The first kappa shape index (κ1) is 13.0. The molecule has 0 N–H and O–H groups in total. The molecule has 0 aliphatic carbocycles. The molecule has 0 saturated carbocycles. The van der Waals surface area contributed by atoms with Gasteiger partial charge in [0.2, 0.25) is 0 Å². The van der Waals surface area contributed by atoms with Crippen molar-refractivity contribution in [1.82, 2.24) is 0 Å². The van der Waals surface area contributed by atoms with Crippen LogP contribution < -0.4 is 4.74 Å². The zero-order chi connectivity index (χ0) is 13.1. The van der Waals surface area contributed by atoms with Crippen LogP contribution in [-0.4, -0.2) is 0 Å². The molecule has 0 spiro atoms. The van der Waals surface area contributed by atoms with Crippen molar-refractivity contribution < 1.29 is 4.74 Å². The van der Waals surface area contributed by atoms with Gasteiger partial charge in [0.1, 0.15) is 11.5 Å². The van der Waals surface area contributed by atoms with Gasteiger partial charge < -0.3 is 4.74 Å². The fourth-order valence-electron chi connectivity index (χ4n) is 1.72. The van der Waals surface area contributed by atoms with E-state index < -0.39 is 0 Å². The fraction of sp³-hybridized carbons (Fsp3) is 0.250. The first-order chi connectivity index (χ1) is 8.54. The van der Waals surface area contributed by atoms with Crippen molar-refractivity contribution in [1.29, 1.82) is 0 Å². The van der Waals surface area contributed by atoms with Gasteiger partial charge in [0.15, 0.2) is 0 Å². The summed E-state index contributed by atoms with van der Waals surface area (Å²) >= 11 is 6.11. The summed E-state index contributed by atoms with van der Waals surface area (Å²) in [6, 6.07) is 13.8. The van der Waals surface area contributed by atoms with Crippen LogP contribution in [-0.2, 0) is 0 Å². The van der Waals surface area contributed by atoms with E-state index in [1.54, 1.807) is 0 Å². The molecule has 2 heteroatoms. The Labute approximate surface area is 113 Å². The molecule has 0 aromatic heterocycles. The summed E-state index contributed by atoms with van der Waals surface area (Å²) in [5.74, 6) is 2.05. The van der Waals surface area contributed by atoms with E-state index in [1.165, 1.54) is 11.1 Å². The predicted molar refractivity (Wildman–Crippen MR) is 76.8 cm³/mol. The first-order valence-corrected chi connectivity index (χ1v) is 6.47. The normalized spacial score (nSPS) is 10.7. The second-order valence-electron chi connectivity index (χ2n) is 4.79. The van der Waals surface area contributed by atoms with Gasteiger partial charge in [0, 0.05) is 5.02 Å². The Morgan fingerprint density at radius 3 is 2.22 bits per heavy atom. The molecule has 0 heterocycles. The van der Waals surface area contributed by atoms with Crippen LogP contribution in [0.4, 0.5) is 0 Å². The predicted octanol–water partition coefficient (Wildman–Crippen LogP) is 5.56. The van der Waals surface area contributed by atoms with Crippen LogP contribution in [0.2, 0.25) is 5.02 Å². The van der Waals surface area contributed by atoms with Gasteiger partial charge in [-0.3, -0.25) is 0 Å². The van der Waals surface area contributed by atoms with Crippen LogP contribution in [0.1, 0.15) is 30.9 Å². The lowest BCUT2D eigenvalue weighted by Gasteiger charge is -2.11. The summed E-state index contributed by atoms with van der Waals surface area (Å²) in [5.41, 5.74) is 2.40. The van der Waals surface area contributed by atoms with E-state index in [-0.39, 0.29) is 0 Å². The summed E-state index contributed by atoms with van der Waals surface area (Å²) in [6.07, 6.45) is 0. The van der Waals surface area contributed by atoms with Crippen LogP contribution >= 0.6 is 11.6 Å². The van der Waals surface area contributed by atoms with Crippen LogP contribution in [0, 0.1) is 6.92 Å². The molecule has 0 radical (unpaired) electrons. The maximum Gasteiger partial charge on any atom is 0.129 e. The lowest BCUT2D eigenvalue weighted by Crippen LogP contribution is -1.90. The molecule has 0 saturated heterocycles. The number of halogens is 1. The van der Waals surface area contributed by atoms with E-state index in [0.29, 0.717) is 10.9 Å². The average molecular weight is 261 g/mol. The monoisotopic (exact) mass is 260 g/mol. The Kier molecular flexibility index (Phi) is 3.93. The largest absolute Gasteiger partial charge is 0.457 e. The molecule has 18 heavy (non-hydrogen) atoms. The SMILES string of the molecule is Cc1ccc(Oc2cc(Cl)cc(C(C)C)c2)cc1. The Morgan fingerprint density at radius 1 is 0.944 bits per heavy atom. The lowest BCUT2D eigenvalue weighted by molar-refractivity contribution is 0.481. The van der Waals surface area contributed by atoms with Crippen molar-refractivity contribution in [2.75, 3.05) is 0 Å². The molecule has 0 fully saturated rings. The van der Waals surface area contributed by atoms with E-state index in [0.717, 1.165) is 11.5 Å². The number of hydrogen-bond donors (Lipinski definition) is 0. The summed E-state index contributed by atoms with van der Waals surface area (Å²) < 4.78 is 5.82. The van der Waals surface area contributed by atoms with Crippen LogP contribution in [0.25, 0.3) is 0 Å². The molecular weight excluding hydrogens is 244 g/mol. The zero-order valence-corrected chi connectivity index (χ0v) is 11.7. The third-order valence-corrected chi connectivity index (χ3v) is 3.04. The van der Waals surface area contributed by atoms with Gasteiger partial charge in [-0.1, -0.05) is 43.1 Å². The molecule has 0 aliphatic heterocycles. The molecule has 1 nitrogen and oxygen atoms in total. The van der Waals surface area contributed by atoms with E-state index in [4.69, 9.17) is 16.3 Å². The minimum Gasteiger partial charge on any atom is -0.457 e. The molecular formula is C16H17ClO. The van der Waals surface area contributed by atoms with E-state index >= 15 is 0 Å². The maximum atomic E-state index is 6.11. The van der Waals surface area contributed by atoms with Gasteiger partial charge in [-0.2, -0.15) is 0 Å². The number of aryl methyl sites for hydroxylation is 1. The van der Waals surface area contributed by atoms with Gasteiger partial charge >= 0.3 is 0 Å². The molecule has 2 rings (SSSR count). The highest BCUT2D eigenvalue weighted by molar-refractivity contribution is 6.30. The molecule has 0 unspecified atom stereocenters. The smallest absolute Gasteiger partial charge is 0.129 e. The maximum absolute atomic E-state index is 6.11. The zero-order valence-electron chi connectivity index (χ0n) is 10.9. The van der Waals surface area contributed by atoms with Gasteiger partial charge in [0.05, 0.1) is 0 Å². The van der Waals surface area contributed by atoms with Crippen molar-refractivity contribution in [2.45, 2.75) is 26.7 Å². The lowest BCUT2D eigenvalue weighted by atomic mass is 10.0. The van der Waals surface area contributed by atoms with Gasteiger partial charge in [-0.25, -0.2) is 0 Å². The van der Waals surface area contributed by atoms with Gasteiger partial charge in [0.25, 0.3) is 0 Å². The second-order valence-corrected chi connectivity index (χ2v) is 5.23. The molecule has 2 aromatic carbocycles. The highest BCUT2D eigenvalue weighted by Gasteiger charge is 2.05. The third kappa shape index (κ3) is 3.27. The second kappa shape index (κ2) is 5.45. The fourth-order valence-corrected chi connectivity index (χ4v) is 1.95. The molecule has 2 aromatic rings. The van der Waals surface area contributed by atoms with Crippen LogP contribution in [0.5, 0.6) is 11.5 Å². The summed E-state index contributed by atoms with van der Waals surface area (Å²) in [6.45, 7) is 6.34. The number of benzene rings is 2. The Balaban J connectivity index is 2.26. The summed E-state index contributed by atoms with van der Waals surface area (Å²) in [5, 5.41) is 0.711. The van der Waals surface area contributed by atoms with E-state index in [9.17, 15) is 0 Å². The van der Waals surface area contributed by atoms with Crippen molar-refractivity contribution in [2.24, 2.45) is 0 Å². The highest BCUT2D eigenvalue weighted by Crippen LogP contribution is 2.29. The molecule has 0 bridgehead atoms. The van der Waals surface area contributed by atoms with Crippen LogP contribution in [0.3, 0.4) is 0 Å². The molecule has 0 amide bonds. The third-order valence-electron chi connectivity index (χ3n) is 2.82. The van der Waals surface area contributed by atoms with Crippen molar-refractivity contribution in [3.63, 3.8) is 0 Å². The first-order valence-electron chi connectivity index (χ1n) is 6.09. The van der Waals surface area contributed by atoms with Gasteiger partial charge in [-0.05, 0) is 48.7 Å². The molecule has 0 aliphatic rings. The standard InChI is InChI=1S/C16H17ClO/c1-11(2)13-8-14(17)10-16(9-13)18-15-6-4-12(3)5-7-15/h4-11H,1-3H3. The minimum absolute atomic E-state index is 0.434. The topological polar surface area (TPSA) is 9.23 Å². The van der Waals surface area contributed by atoms with E-state index in [2.05, 4.69) is 20.8 Å². The molecule has 0 atom stereocenters. The number of hydrogen-bond acceptors (Lipinski definition) is 1. The highest BCUT2D eigenvalue weighted by atomic mass is 35.5. The van der Waals surface area contributed by atoms with Crippen molar-refractivity contribution in [3.05, 3.63) is 58.6 Å². The number of rotatable bonds is 3. The van der Waals surface area contributed by atoms with Crippen molar-refractivity contribution in [3.8, 4) is 11.5 Å². The van der Waals surface area contributed by atoms with Crippen molar-refractivity contribution >= 4 is 11.6 Å². The Hall–Kier alpha value is -1.47. The summed E-state index contributed by atoms with van der Waals surface area (Å²) in [4.78, 5) is 0. The van der Waals surface area contributed by atoms with Gasteiger partial charge in [-0.15, -0.1) is 0 Å². The Morgan fingerprint density at radius 2 is 1.61 bits per heavy atom. The number of ether oxygens (including phenoxy) is 1.